The summed E-state index contributed by atoms with van der Waals surface area (Å²) < 4.78 is 30.5. The third kappa shape index (κ3) is 66.9. The fourth-order valence-electron chi connectivity index (χ4n) is 10.1. The van der Waals surface area contributed by atoms with Gasteiger partial charge in [-0.1, -0.05) is 297 Å². The summed E-state index contributed by atoms with van der Waals surface area (Å²) in [6.07, 6.45) is 90.7. The lowest BCUT2D eigenvalue weighted by Crippen LogP contribution is -2.47. The van der Waals surface area contributed by atoms with E-state index in [0.29, 0.717) is 23.9 Å². The fraction of sp³-hybridized carbons (Fsp3) is 0.740. The molecule has 1 N–H and O–H groups in total. The number of likely N-dealkylation sites (N-methyl/N-ethyl adjacent to an activating group) is 1. The molecule has 0 saturated carbocycles. The number of allylic oxidation sites excluding steroid dienone is 17. The Morgan fingerprint density at radius 3 is 1.13 bits per heavy atom. The number of rotatable bonds is 65. The first kappa shape index (κ1) is 83.7. The van der Waals surface area contributed by atoms with Crippen LogP contribution in [0.2, 0.25) is 0 Å². The number of hydrogen-bond donors (Lipinski definition) is 1. The van der Waals surface area contributed by atoms with E-state index in [1.54, 1.807) is 0 Å². The van der Waals surface area contributed by atoms with Crippen LogP contribution in [0.5, 0.6) is 0 Å². The minimum Gasteiger partial charge on any atom is -0.756 e. The molecule has 0 aliphatic heterocycles. The van der Waals surface area contributed by atoms with E-state index < -0.39 is 26.6 Å². The van der Waals surface area contributed by atoms with E-state index >= 15 is 0 Å². The van der Waals surface area contributed by atoms with Gasteiger partial charge in [0.1, 0.15) is 19.3 Å². The molecule has 9 nitrogen and oxygen atoms in total. The van der Waals surface area contributed by atoms with Crippen LogP contribution in [0.3, 0.4) is 0 Å². The average molecular weight is 1230 g/mol. The molecular formula is C77H137N2O7P. The van der Waals surface area contributed by atoms with Crippen LogP contribution < -0.4 is 10.2 Å². The molecule has 87 heavy (non-hydrogen) atoms. The molecule has 502 valence electrons. The monoisotopic (exact) mass is 1230 g/mol. The molecule has 1 amide bonds. The molecule has 0 aliphatic carbocycles. The van der Waals surface area contributed by atoms with Crippen molar-refractivity contribution in [3.63, 3.8) is 0 Å². The molecule has 0 bridgehead atoms. The summed E-state index contributed by atoms with van der Waals surface area (Å²) >= 11 is 0. The molecule has 0 aliphatic rings. The summed E-state index contributed by atoms with van der Waals surface area (Å²) in [6.45, 7) is 6.71. The van der Waals surface area contributed by atoms with Crippen LogP contribution in [-0.4, -0.2) is 69.4 Å². The van der Waals surface area contributed by atoms with Gasteiger partial charge in [0.05, 0.1) is 33.8 Å². The topological polar surface area (TPSA) is 114 Å². The van der Waals surface area contributed by atoms with Gasteiger partial charge < -0.3 is 28.5 Å². The maximum absolute atomic E-state index is 13.6. The van der Waals surface area contributed by atoms with Crippen LogP contribution in [-0.2, 0) is 27.9 Å². The number of amides is 1. The summed E-state index contributed by atoms with van der Waals surface area (Å²) in [5.74, 6) is -0.567. The van der Waals surface area contributed by atoms with Crippen molar-refractivity contribution >= 4 is 19.7 Å². The van der Waals surface area contributed by atoms with E-state index in [1.165, 1.54) is 167 Å². The normalized spacial score (nSPS) is 14.1. The van der Waals surface area contributed by atoms with Crippen LogP contribution in [0, 0.1) is 0 Å². The molecule has 0 spiro atoms. The maximum atomic E-state index is 13.6. The zero-order chi connectivity index (χ0) is 63.5. The molecule has 0 radical (unpaired) electrons. The van der Waals surface area contributed by atoms with Crippen LogP contribution in [0.4, 0.5) is 0 Å². The van der Waals surface area contributed by atoms with Crippen molar-refractivity contribution in [3.8, 4) is 0 Å². The van der Waals surface area contributed by atoms with Gasteiger partial charge in [-0.25, -0.2) is 0 Å². The molecule has 3 unspecified atom stereocenters. The zero-order valence-corrected chi connectivity index (χ0v) is 58.3. The number of phosphoric ester groups is 1. The molecule has 0 aromatic rings. The van der Waals surface area contributed by atoms with Gasteiger partial charge in [0.2, 0.25) is 5.91 Å². The number of unbranched alkanes of at least 4 members (excludes halogenated alkanes) is 33. The molecule has 0 aromatic carbocycles. The lowest BCUT2D eigenvalue weighted by molar-refractivity contribution is -0.870. The highest BCUT2D eigenvalue weighted by molar-refractivity contribution is 7.45. The lowest BCUT2D eigenvalue weighted by atomic mass is 10.0. The Morgan fingerprint density at radius 1 is 0.414 bits per heavy atom. The Bertz CT molecular complexity index is 1860. The Labute approximate surface area is 538 Å². The quantitative estimate of drug-likeness (QED) is 0.0212. The highest BCUT2D eigenvalue weighted by atomic mass is 31.2. The van der Waals surface area contributed by atoms with Gasteiger partial charge in [0.25, 0.3) is 7.82 Å². The second kappa shape index (κ2) is 65.6. The van der Waals surface area contributed by atoms with Crippen LogP contribution in [0.25, 0.3) is 0 Å². The van der Waals surface area contributed by atoms with E-state index in [9.17, 15) is 19.0 Å². The predicted octanol–water partition coefficient (Wildman–Crippen LogP) is 22.6. The molecule has 10 heteroatoms. The lowest BCUT2D eigenvalue weighted by Gasteiger charge is -2.30. The van der Waals surface area contributed by atoms with Crippen molar-refractivity contribution in [3.05, 3.63) is 109 Å². The van der Waals surface area contributed by atoms with Crippen molar-refractivity contribution < 1.29 is 37.3 Å². The van der Waals surface area contributed by atoms with Crippen molar-refractivity contribution in [1.29, 1.82) is 0 Å². The van der Waals surface area contributed by atoms with E-state index in [-0.39, 0.29) is 24.9 Å². The largest absolute Gasteiger partial charge is 0.756 e. The SMILES string of the molecule is CC/C=C\C/C=C\C/C=C\C/C=C\C/C=C\C/C=C\CCCCCCC(=O)OC(/C=C/CCCCCCCCCCCCC)C(COP(=O)([O-])OCC[N+](C)(C)C)NC(=O)CCCCCCCCCCCCCCCCC/C=C\C/C=C\CCCCC. The molecular weight excluding hydrogens is 1100 g/mol. The number of carbonyl (C=O) groups is 2. The van der Waals surface area contributed by atoms with E-state index in [1.807, 2.05) is 33.3 Å². The minimum atomic E-state index is -4.72. The predicted molar refractivity (Wildman–Crippen MR) is 376 cm³/mol. The molecule has 0 fully saturated rings. The first-order valence-electron chi connectivity index (χ1n) is 36.2. The zero-order valence-electron chi connectivity index (χ0n) is 57.4. The summed E-state index contributed by atoms with van der Waals surface area (Å²) in [4.78, 5) is 40.2. The van der Waals surface area contributed by atoms with Crippen LogP contribution in [0.1, 0.15) is 316 Å². The Morgan fingerprint density at radius 2 is 0.736 bits per heavy atom. The first-order valence-corrected chi connectivity index (χ1v) is 37.7. The number of nitrogens with one attached hydrogen (secondary N) is 1. The summed E-state index contributed by atoms with van der Waals surface area (Å²) in [7, 11) is 1.16. The van der Waals surface area contributed by atoms with Gasteiger partial charge in [0, 0.05) is 12.8 Å². The number of nitrogens with zero attached hydrogens (tertiary/aromatic N) is 1. The highest BCUT2D eigenvalue weighted by Crippen LogP contribution is 2.38. The van der Waals surface area contributed by atoms with Gasteiger partial charge in [-0.05, 0) is 115 Å². The third-order valence-electron chi connectivity index (χ3n) is 15.7. The molecule has 3 atom stereocenters. The van der Waals surface area contributed by atoms with Gasteiger partial charge in [0.15, 0.2) is 0 Å². The third-order valence-corrected chi connectivity index (χ3v) is 16.7. The van der Waals surface area contributed by atoms with Gasteiger partial charge in [-0.15, -0.1) is 0 Å². The Balaban J connectivity index is 5.14. The molecule has 0 saturated heterocycles. The summed E-state index contributed by atoms with van der Waals surface area (Å²) in [6, 6.07) is -0.907. The Hall–Kier alpha value is -3.33. The van der Waals surface area contributed by atoms with E-state index in [2.05, 4.69) is 123 Å². The minimum absolute atomic E-state index is 0.0308. The second-order valence-corrected chi connectivity index (χ2v) is 26.8. The number of quaternary nitrogens is 1. The second-order valence-electron chi connectivity index (χ2n) is 25.4. The smallest absolute Gasteiger partial charge is 0.306 e. The standard InChI is InChI=1S/C77H137N2O7P/c1-7-10-13-16-19-22-25-28-30-32-34-36-38-39-41-42-44-46-48-51-54-57-60-63-66-69-76(80)78-74(73-85-87(82,83)84-72-71-79(4,5)6)75(68-65-62-59-56-53-50-27-24-21-18-15-12-9-3)86-77(81)70-67-64-61-58-55-52-49-47-45-43-40-37-35-33-31-29-26-23-20-17-14-11-8-2/h11,14,19-20,22-23,28-31,35,37,43,45,49,52,65,68,74-75H,7-10,12-13,15-18,21,24-27,32-34,36,38-42,44,46-48,50-51,53-64,66-67,69-73H2,1-6H3,(H-,78,80,82,83)/b14-11-,22-19-,23-20-,30-28-,31-29-,37-35-,45-43-,52-49-,68-65+. The number of esters is 1. The number of ether oxygens (including phenoxy) is 1. The van der Waals surface area contributed by atoms with E-state index in [4.69, 9.17) is 13.8 Å². The van der Waals surface area contributed by atoms with Crippen molar-refractivity contribution in [1.82, 2.24) is 5.32 Å². The van der Waals surface area contributed by atoms with E-state index in [0.717, 1.165) is 109 Å². The van der Waals surface area contributed by atoms with Crippen molar-refractivity contribution in [2.24, 2.45) is 0 Å². The summed E-state index contributed by atoms with van der Waals surface area (Å²) in [5, 5.41) is 3.04. The van der Waals surface area contributed by atoms with Gasteiger partial charge >= 0.3 is 5.97 Å². The number of hydrogen-bond acceptors (Lipinski definition) is 7. The number of carbonyl (C=O) groups excluding carboxylic acids is 2. The van der Waals surface area contributed by atoms with Gasteiger partial charge in [-0.3, -0.25) is 14.2 Å². The van der Waals surface area contributed by atoms with Crippen molar-refractivity contribution in [2.45, 2.75) is 328 Å². The first-order chi connectivity index (χ1) is 42.4. The molecule has 0 heterocycles. The highest BCUT2D eigenvalue weighted by Gasteiger charge is 2.27. The number of phosphoric acid groups is 1. The fourth-order valence-corrected chi connectivity index (χ4v) is 10.9. The average Bonchev–Trinajstić information content (AvgIpc) is 3.70. The maximum Gasteiger partial charge on any atom is 0.306 e. The molecule has 0 rings (SSSR count). The van der Waals surface area contributed by atoms with Crippen molar-refractivity contribution in [2.75, 3.05) is 40.9 Å². The summed E-state index contributed by atoms with van der Waals surface area (Å²) in [5.41, 5.74) is 0. The van der Waals surface area contributed by atoms with Crippen LogP contribution in [0.15, 0.2) is 109 Å². The van der Waals surface area contributed by atoms with Gasteiger partial charge in [-0.2, -0.15) is 0 Å². The molecule has 0 aromatic heterocycles. The Kier molecular flexibility index (Phi) is 63.1. The van der Waals surface area contributed by atoms with Crippen LogP contribution >= 0.6 is 7.82 Å².